The molecule has 1 aromatic rings. The monoisotopic (exact) mass is 320 g/mol. The first-order valence-electron chi connectivity index (χ1n) is 6.88. The highest BCUT2D eigenvalue weighted by Gasteiger charge is 2.07. The zero-order valence-electron chi connectivity index (χ0n) is 13.1. The van der Waals surface area contributed by atoms with Gasteiger partial charge in [0.1, 0.15) is 0 Å². The summed E-state index contributed by atoms with van der Waals surface area (Å²) in [6, 6.07) is 4.06. The highest BCUT2D eigenvalue weighted by molar-refractivity contribution is 7.80. The number of esters is 1. The van der Waals surface area contributed by atoms with E-state index in [9.17, 15) is 9.59 Å². The number of hydrogen-bond donors (Lipinski definition) is 2. The molecule has 22 heavy (non-hydrogen) atoms. The molecule has 0 aliphatic carbocycles. The van der Waals surface area contributed by atoms with E-state index in [0.717, 1.165) is 34.5 Å². The van der Waals surface area contributed by atoms with Crippen LogP contribution in [0.2, 0.25) is 0 Å². The van der Waals surface area contributed by atoms with E-state index in [1.165, 1.54) is 0 Å². The maximum absolute atomic E-state index is 11.6. The summed E-state index contributed by atoms with van der Waals surface area (Å²) in [6.07, 6.45) is 2.14. The topological polar surface area (TPSA) is 67.4 Å². The van der Waals surface area contributed by atoms with Gasteiger partial charge in [0.2, 0.25) is 5.91 Å². The van der Waals surface area contributed by atoms with Gasteiger partial charge in [-0.25, -0.2) is 4.79 Å². The largest absolute Gasteiger partial charge is 0.463 e. The molecule has 0 fully saturated rings. The van der Waals surface area contributed by atoms with Crippen LogP contribution in [-0.4, -0.2) is 23.6 Å². The Morgan fingerprint density at radius 1 is 1.18 bits per heavy atom. The van der Waals surface area contributed by atoms with Gasteiger partial charge < -0.3 is 10.1 Å². The third kappa shape index (κ3) is 5.65. The van der Waals surface area contributed by atoms with Gasteiger partial charge >= 0.3 is 5.97 Å². The summed E-state index contributed by atoms with van der Waals surface area (Å²) in [5, 5.41) is 5.66. The number of thiocarbonyl (C=S) groups is 1. The summed E-state index contributed by atoms with van der Waals surface area (Å²) in [7, 11) is 0. The molecule has 0 saturated heterocycles. The first-order chi connectivity index (χ1) is 10.3. The van der Waals surface area contributed by atoms with Crippen molar-refractivity contribution in [2.24, 2.45) is 0 Å². The minimum absolute atomic E-state index is 0.175. The zero-order chi connectivity index (χ0) is 16.7. The average Bonchev–Trinajstić information content (AvgIpc) is 2.41. The molecule has 0 bridgehead atoms. The van der Waals surface area contributed by atoms with Crippen molar-refractivity contribution in [2.75, 3.05) is 11.9 Å². The van der Waals surface area contributed by atoms with Crippen molar-refractivity contribution in [1.82, 2.24) is 5.32 Å². The van der Waals surface area contributed by atoms with E-state index >= 15 is 0 Å². The highest BCUT2D eigenvalue weighted by Crippen LogP contribution is 2.21. The standard InChI is InChI=1S/C16H20N2O3S/c1-5-21-14(20)7-6-13(19)17-16(22)18-15-11(3)8-10(2)9-12(15)4/h6-9H,5H2,1-4H3,(H2,17,18,19,22)/b7-6+. The number of aryl methyl sites for hydroxylation is 3. The zero-order valence-corrected chi connectivity index (χ0v) is 14.0. The fraction of sp³-hybridized carbons (Fsp3) is 0.312. The van der Waals surface area contributed by atoms with Crippen LogP contribution in [0.5, 0.6) is 0 Å². The van der Waals surface area contributed by atoms with Gasteiger partial charge in [-0.2, -0.15) is 0 Å². The average molecular weight is 320 g/mol. The third-order valence-electron chi connectivity index (χ3n) is 2.81. The lowest BCUT2D eigenvalue weighted by Gasteiger charge is -2.14. The van der Waals surface area contributed by atoms with Gasteiger partial charge in [-0.15, -0.1) is 0 Å². The Morgan fingerprint density at radius 3 is 2.32 bits per heavy atom. The lowest BCUT2D eigenvalue weighted by molar-refractivity contribution is -0.137. The summed E-state index contributed by atoms with van der Waals surface area (Å²) in [4.78, 5) is 22.8. The van der Waals surface area contributed by atoms with Crippen LogP contribution in [0.3, 0.4) is 0 Å². The van der Waals surface area contributed by atoms with Crippen molar-refractivity contribution < 1.29 is 14.3 Å². The molecule has 0 radical (unpaired) electrons. The van der Waals surface area contributed by atoms with E-state index in [0.29, 0.717) is 0 Å². The van der Waals surface area contributed by atoms with Crippen molar-refractivity contribution in [3.8, 4) is 0 Å². The molecule has 118 valence electrons. The molecular weight excluding hydrogens is 300 g/mol. The number of benzene rings is 1. The molecule has 0 heterocycles. The summed E-state index contributed by atoms with van der Waals surface area (Å²) >= 11 is 5.10. The Morgan fingerprint density at radius 2 is 1.77 bits per heavy atom. The predicted molar refractivity (Wildman–Crippen MR) is 90.8 cm³/mol. The summed E-state index contributed by atoms with van der Waals surface area (Å²) in [5.74, 6) is -1.06. The Bertz CT molecular complexity index is 601. The van der Waals surface area contributed by atoms with Crippen LogP contribution in [0, 0.1) is 20.8 Å². The molecule has 1 aromatic carbocycles. The molecule has 0 atom stereocenters. The van der Waals surface area contributed by atoms with E-state index in [1.54, 1.807) is 6.92 Å². The van der Waals surface area contributed by atoms with Crippen LogP contribution in [0.15, 0.2) is 24.3 Å². The number of rotatable bonds is 4. The molecule has 0 spiro atoms. The van der Waals surface area contributed by atoms with E-state index in [2.05, 4.69) is 15.4 Å². The molecule has 1 rings (SSSR count). The van der Waals surface area contributed by atoms with Crippen molar-refractivity contribution in [1.29, 1.82) is 0 Å². The lowest BCUT2D eigenvalue weighted by atomic mass is 10.1. The second-order valence-corrected chi connectivity index (χ2v) is 5.21. The van der Waals surface area contributed by atoms with Gasteiger partial charge in [0, 0.05) is 17.8 Å². The molecule has 0 aliphatic heterocycles. The predicted octanol–water partition coefficient (Wildman–Crippen LogP) is 2.54. The SMILES string of the molecule is CCOC(=O)/C=C/C(=O)NC(=S)Nc1c(C)cc(C)cc1C. The van der Waals surface area contributed by atoms with Gasteiger partial charge in [-0.1, -0.05) is 17.7 Å². The van der Waals surface area contributed by atoms with Crippen LogP contribution in [-0.2, 0) is 14.3 Å². The number of carbonyl (C=O) groups is 2. The smallest absolute Gasteiger partial charge is 0.330 e. The molecular formula is C16H20N2O3S. The number of anilines is 1. The summed E-state index contributed by atoms with van der Waals surface area (Å²) in [5.41, 5.74) is 4.10. The molecule has 1 amide bonds. The Hall–Kier alpha value is -2.21. The Balaban J connectivity index is 2.64. The van der Waals surface area contributed by atoms with Crippen LogP contribution in [0.25, 0.3) is 0 Å². The molecule has 5 nitrogen and oxygen atoms in total. The molecule has 0 aliphatic rings. The highest BCUT2D eigenvalue weighted by atomic mass is 32.1. The second-order valence-electron chi connectivity index (χ2n) is 4.80. The Kier molecular flexibility index (Phi) is 6.72. The van der Waals surface area contributed by atoms with E-state index < -0.39 is 11.9 Å². The van der Waals surface area contributed by atoms with Crippen LogP contribution in [0.4, 0.5) is 5.69 Å². The molecule has 0 aromatic heterocycles. The molecule has 6 heteroatoms. The quantitative estimate of drug-likeness (QED) is 0.507. The van der Waals surface area contributed by atoms with Crippen molar-refractivity contribution in [2.45, 2.75) is 27.7 Å². The van der Waals surface area contributed by atoms with Crippen LogP contribution < -0.4 is 10.6 Å². The van der Waals surface area contributed by atoms with E-state index in [1.807, 2.05) is 32.9 Å². The first-order valence-corrected chi connectivity index (χ1v) is 7.29. The normalized spacial score (nSPS) is 10.4. The van der Waals surface area contributed by atoms with Crippen molar-refractivity contribution >= 4 is 34.9 Å². The summed E-state index contributed by atoms with van der Waals surface area (Å²) in [6.45, 7) is 7.90. The van der Waals surface area contributed by atoms with Crippen LogP contribution in [0.1, 0.15) is 23.6 Å². The fourth-order valence-electron chi connectivity index (χ4n) is 2.01. The van der Waals surface area contributed by atoms with Gasteiger partial charge in [0.05, 0.1) is 6.61 Å². The fourth-order valence-corrected chi connectivity index (χ4v) is 2.21. The van der Waals surface area contributed by atoms with Crippen molar-refractivity contribution in [3.63, 3.8) is 0 Å². The number of hydrogen-bond acceptors (Lipinski definition) is 4. The van der Waals surface area contributed by atoms with Gasteiger partial charge in [0.15, 0.2) is 5.11 Å². The summed E-state index contributed by atoms with van der Waals surface area (Å²) < 4.78 is 4.68. The number of amides is 1. The van der Waals surface area contributed by atoms with Gasteiger partial charge in [-0.3, -0.25) is 10.1 Å². The minimum Gasteiger partial charge on any atom is -0.463 e. The first kappa shape index (κ1) is 17.8. The molecule has 2 N–H and O–H groups in total. The van der Waals surface area contributed by atoms with Gasteiger partial charge in [0.25, 0.3) is 0 Å². The maximum Gasteiger partial charge on any atom is 0.330 e. The molecule has 0 unspecified atom stereocenters. The van der Waals surface area contributed by atoms with E-state index in [-0.39, 0.29) is 11.7 Å². The van der Waals surface area contributed by atoms with Gasteiger partial charge in [-0.05, 0) is 51.0 Å². The lowest BCUT2D eigenvalue weighted by Crippen LogP contribution is -2.33. The van der Waals surface area contributed by atoms with Crippen molar-refractivity contribution in [3.05, 3.63) is 41.0 Å². The number of ether oxygens (including phenoxy) is 1. The Labute approximate surface area is 135 Å². The second kappa shape index (κ2) is 8.29. The minimum atomic E-state index is -0.568. The molecule has 0 saturated carbocycles. The maximum atomic E-state index is 11.6. The number of nitrogens with one attached hydrogen (secondary N) is 2. The van der Waals surface area contributed by atoms with E-state index in [4.69, 9.17) is 12.2 Å². The third-order valence-corrected chi connectivity index (χ3v) is 3.01. The number of carbonyl (C=O) groups excluding carboxylic acids is 2. The van der Waals surface area contributed by atoms with Crippen LogP contribution >= 0.6 is 12.2 Å².